The minimum Gasteiger partial charge on any atom is -0.507 e. The smallest absolute Gasteiger partial charge is 0.342 e. The van der Waals surface area contributed by atoms with Crippen molar-refractivity contribution in [1.82, 2.24) is 0 Å². The van der Waals surface area contributed by atoms with Gasteiger partial charge in [0, 0.05) is 6.10 Å². The Balaban J connectivity index is 1.47. The van der Waals surface area contributed by atoms with Crippen molar-refractivity contribution in [2.45, 2.75) is 155 Å². The Hall–Kier alpha value is -2.11. The molecule has 236 valence electrons. The normalized spacial score (nSPS) is 12.8. The van der Waals surface area contributed by atoms with Gasteiger partial charge in [-0.1, -0.05) is 140 Å². The van der Waals surface area contributed by atoms with Gasteiger partial charge < -0.3 is 14.3 Å². The molecule has 0 unspecified atom stereocenters. The minimum absolute atomic E-state index is 0.00634. The number of benzene rings is 2. The van der Waals surface area contributed by atoms with Crippen LogP contribution in [-0.2, 0) is 22.2 Å². The van der Waals surface area contributed by atoms with Crippen LogP contribution in [0.3, 0.4) is 0 Å². The van der Waals surface area contributed by atoms with Crippen LogP contribution >= 0.6 is 0 Å². The maximum atomic E-state index is 12.7. The van der Waals surface area contributed by atoms with Crippen molar-refractivity contribution in [3.63, 3.8) is 0 Å². The number of hydrogen-bond donors (Lipinski definition) is 1. The van der Waals surface area contributed by atoms with E-state index in [2.05, 4.69) is 40.8 Å². The van der Waals surface area contributed by atoms with E-state index >= 15 is 0 Å². The van der Waals surface area contributed by atoms with Gasteiger partial charge in [-0.3, -0.25) is 0 Å². The monoisotopic (exact) mass is 596 g/mol. The second-order valence-electron chi connectivity index (χ2n) is 13.7. The Morgan fingerprint density at radius 2 is 1.29 bits per heavy atom. The molecule has 0 aliphatic carbocycles. The number of rotatable bonds is 21. The van der Waals surface area contributed by atoms with Gasteiger partial charge in [-0.15, -0.1) is 0 Å². The third kappa shape index (κ3) is 13.9. The van der Waals surface area contributed by atoms with Crippen LogP contribution in [-0.4, -0.2) is 25.5 Å². The lowest BCUT2D eigenvalue weighted by Gasteiger charge is -2.38. The number of carbonyl (C=O) groups excluding carboxylic acids is 1. The van der Waals surface area contributed by atoms with Crippen molar-refractivity contribution in [2.75, 3.05) is 0 Å². The van der Waals surface area contributed by atoms with E-state index < -0.39 is 14.3 Å². The number of unbranched alkanes of at least 4 members (excludes halogenated alkanes) is 12. The van der Waals surface area contributed by atoms with Gasteiger partial charge in [0.15, 0.2) is 8.32 Å². The highest BCUT2D eigenvalue weighted by atomic mass is 28.4. The van der Waals surface area contributed by atoms with Crippen LogP contribution in [0.2, 0.25) is 18.1 Å². The van der Waals surface area contributed by atoms with Crippen LogP contribution in [0, 0.1) is 0 Å². The lowest BCUT2D eigenvalue weighted by atomic mass is 9.99. The highest BCUT2D eigenvalue weighted by Crippen LogP contribution is 2.37. The molecular formula is C37H60O4Si. The second-order valence-corrected chi connectivity index (χ2v) is 18.5. The minimum atomic E-state index is -1.63. The summed E-state index contributed by atoms with van der Waals surface area (Å²) in [7, 11) is -1.63. The fourth-order valence-corrected chi connectivity index (χ4v) is 6.73. The lowest BCUT2D eigenvalue weighted by molar-refractivity contribution is 0.0468. The van der Waals surface area contributed by atoms with Gasteiger partial charge in [0.2, 0.25) is 0 Å². The van der Waals surface area contributed by atoms with E-state index in [1.807, 2.05) is 42.5 Å². The predicted octanol–water partition coefficient (Wildman–Crippen LogP) is 11.2. The SMILES string of the molecule is C[C@H](CCCCCCCCCCCCCCCc1cccc(O)c1C(=O)OCc1ccccc1)O[Si](C)(C)C(C)(C)C. The van der Waals surface area contributed by atoms with Gasteiger partial charge in [-0.2, -0.15) is 0 Å². The summed E-state index contributed by atoms with van der Waals surface area (Å²) < 4.78 is 12.0. The fraction of sp³-hybridized carbons (Fsp3) is 0.649. The van der Waals surface area contributed by atoms with E-state index in [4.69, 9.17) is 9.16 Å². The third-order valence-electron chi connectivity index (χ3n) is 8.90. The molecule has 2 aromatic rings. The summed E-state index contributed by atoms with van der Waals surface area (Å²) in [6, 6.07) is 14.9. The summed E-state index contributed by atoms with van der Waals surface area (Å²) >= 11 is 0. The standard InChI is InChI=1S/C37H60O4Si/c1-31(41-42(5,6)37(2,3)4)24-19-16-14-12-10-8-7-9-11-13-15-17-22-27-33-28-23-29-34(38)35(33)36(39)40-30-32-25-20-18-21-26-32/h18,20-21,23,25-26,28-29,31,38H,7-17,19,22,24,27,30H2,1-6H3/t31-/m1/s1. The van der Waals surface area contributed by atoms with Gasteiger partial charge in [-0.05, 0) is 61.5 Å². The predicted molar refractivity (Wildman–Crippen MR) is 180 cm³/mol. The van der Waals surface area contributed by atoms with Crippen molar-refractivity contribution < 1.29 is 19.1 Å². The first-order valence-corrected chi connectivity index (χ1v) is 19.6. The number of esters is 1. The molecule has 42 heavy (non-hydrogen) atoms. The van der Waals surface area contributed by atoms with E-state index in [9.17, 15) is 9.90 Å². The molecular weight excluding hydrogens is 536 g/mol. The highest BCUT2D eigenvalue weighted by Gasteiger charge is 2.38. The third-order valence-corrected chi connectivity index (χ3v) is 13.5. The van der Waals surface area contributed by atoms with Crippen LogP contribution in [0.5, 0.6) is 5.75 Å². The number of phenolic OH excluding ortho intramolecular Hbond substituents is 1. The zero-order chi connectivity index (χ0) is 30.8. The Morgan fingerprint density at radius 1 is 0.762 bits per heavy atom. The first kappa shape index (κ1) is 36.1. The Kier molecular flexibility index (Phi) is 16.5. The molecule has 0 aliphatic rings. The van der Waals surface area contributed by atoms with Crippen LogP contribution in [0.25, 0.3) is 0 Å². The quantitative estimate of drug-likeness (QED) is 0.0884. The van der Waals surface area contributed by atoms with Crippen LogP contribution in [0.15, 0.2) is 48.5 Å². The van der Waals surface area contributed by atoms with Crippen LogP contribution in [0.1, 0.15) is 139 Å². The molecule has 1 N–H and O–H groups in total. The zero-order valence-electron chi connectivity index (χ0n) is 27.7. The summed E-state index contributed by atoms with van der Waals surface area (Å²) in [4.78, 5) is 12.7. The van der Waals surface area contributed by atoms with Gasteiger partial charge in [0.25, 0.3) is 0 Å². The molecule has 0 heterocycles. The van der Waals surface area contributed by atoms with Gasteiger partial charge >= 0.3 is 5.97 Å². The van der Waals surface area contributed by atoms with Crippen molar-refractivity contribution in [3.05, 3.63) is 65.2 Å². The molecule has 1 atom stereocenters. The topological polar surface area (TPSA) is 55.8 Å². The summed E-state index contributed by atoms with van der Waals surface area (Å²) in [5.41, 5.74) is 2.13. The summed E-state index contributed by atoms with van der Waals surface area (Å²) in [5, 5.41) is 10.6. The van der Waals surface area contributed by atoms with Crippen molar-refractivity contribution >= 4 is 14.3 Å². The van der Waals surface area contributed by atoms with E-state index in [0.717, 1.165) is 30.4 Å². The van der Waals surface area contributed by atoms with Crippen LogP contribution < -0.4 is 0 Å². The lowest BCUT2D eigenvalue weighted by Crippen LogP contribution is -2.43. The van der Waals surface area contributed by atoms with Crippen LogP contribution in [0.4, 0.5) is 0 Å². The van der Waals surface area contributed by atoms with Gasteiger partial charge in [0.1, 0.15) is 17.9 Å². The Labute approximate surface area is 258 Å². The highest BCUT2D eigenvalue weighted by molar-refractivity contribution is 6.74. The van der Waals surface area contributed by atoms with Gasteiger partial charge in [0.05, 0.1) is 0 Å². The Bertz CT molecular complexity index is 1010. The summed E-state index contributed by atoms with van der Waals surface area (Å²) in [6.07, 6.45) is 19.2. The number of hydrogen-bond acceptors (Lipinski definition) is 4. The molecule has 0 spiro atoms. The number of aryl methyl sites for hydroxylation is 1. The number of carbonyl (C=O) groups is 1. The van der Waals surface area contributed by atoms with Crippen molar-refractivity contribution in [1.29, 1.82) is 0 Å². The molecule has 0 saturated carbocycles. The molecule has 0 radical (unpaired) electrons. The molecule has 0 aromatic heterocycles. The second kappa shape index (κ2) is 19.2. The summed E-state index contributed by atoms with van der Waals surface area (Å²) in [5.74, 6) is -0.444. The molecule has 0 fully saturated rings. The average molecular weight is 597 g/mol. The van der Waals surface area contributed by atoms with Crippen molar-refractivity contribution in [3.8, 4) is 5.75 Å². The van der Waals surface area contributed by atoms with Crippen molar-refractivity contribution in [2.24, 2.45) is 0 Å². The molecule has 2 rings (SSSR count). The average Bonchev–Trinajstić information content (AvgIpc) is 2.93. The van der Waals surface area contributed by atoms with Gasteiger partial charge in [-0.25, -0.2) is 4.79 Å². The number of phenols is 1. The fourth-order valence-electron chi connectivity index (χ4n) is 5.26. The zero-order valence-corrected chi connectivity index (χ0v) is 28.7. The molecule has 0 saturated heterocycles. The maximum absolute atomic E-state index is 12.7. The summed E-state index contributed by atoms with van der Waals surface area (Å²) in [6.45, 7) is 14.1. The first-order valence-electron chi connectivity index (χ1n) is 16.7. The molecule has 2 aromatic carbocycles. The van der Waals surface area contributed by atoms with E-state index in [1.165, 1.54) is 77.0 Å². The largest absolute Gasteiger partial charge is 0.507 e. The molecule has 0 bridgehead atoms. The Morgan fingerprint density at radius 3 is 1.83 bits per heavy atom. The van der Waals surface area contributed by atoms with E-state index in [0.29, 0.717) is 16.7 Å². The number of aromatic hydroxyl groups is 1. The molecule has 0 aliphatic heterocycles. The number of ether oxygens (including phenoxy) is 1. The molecule has 5 heteroatoms. The molecule has 0 amide bonds. The van der Waals surface area contributed by atoms with E-state index in [-0.39, 0.29) is 12.4 Å². The first-order chi connectivity index (χ1) is 20.0. The molecule has 4 nitrogen and oxygen atoms in total. The van der Waals surface area contributed by atoms with E-state index in [1.54, 1.807) is 6.07 Å². The maximum Gasteiger partial charge on any atom is 0.342 e.